The van der Waals surface area contributed by atoms with Gasteiger partial charge in [0.25, 0.3) is 5.91 Å². The number of hydrogen-bond acceptors (Lipinski definition) is 4. The summed E-state index contributed by atoms with van der Waals surface area (Å²) in [5.41, 5.74) is 4.45. The van der Waals surface area contributed by atoms with Gasteiger partial charge in [0, 0.05) is 0 Å². The first-order valence-corrected chi connectivity index (χ1v) is 10.00. The molecule has 0 radical (unpaired) electrons. The molecule has 0 aliphatic carbocycles. The second-order valence-electron chi connectivity index (χ2n) is 7.40. The van der Waals surface area contributed by atoms with Gasteiger partial charge in [0.1, 0.15) is 11.5 Å². The number of benzene rings is 3. The number of anilines is 3. The molecule has 0 fully saturated rings. The Balaban J connectivity index is 1.70. The lowest BCUT2D eigenvalue weighted by Crippen LogP contribution is -2.21. The highest BCUT2D eigenvalue weighted by molar-refractivity contribution is 5.96. The van der Waals surface area contributed by atoms with Gasteiger partial charge in [-0.2, -0.15) is 0 Å². The molecular weight excluding hydrogens is 376 g/mol. The SMILES string of the molecule is COc1ccccc1Nc1ccccc1NC(=O)COc1cc(C)ccc1C(C)C. The molecule has 0 aromatic heterocycles. The van der Waals surface area contributed by atoms with Crippen molar-refractivity contribution in [3.8, 4) is 11.5 Å². The van der Waals surface area contributed by atoms with Crippen LogP contribution in [0, 0.1) is 6.92 Å². The first kappa shape index (κ1) is 21.2. The standard InChI is InChI=1S/C25H28N2O3/c1-17(2)19-14-13-18(3)15-24(19)30-16-25(28)27-21-10-6-5-9-20(21)26-22-11-7-8-12-23(22)29-4/h5-15,17,26H,16H2,1-4H3,(H,27,28). The summed E-state index contributed by atoms with van der Waals surface area (Å²) in [4.78, 5) is 12.6. The summed E-state index contributed by atoms with van der Waals surface area (Å²) in [6, 6.07) is 21.3. The van der Waals surface area contributed by atoms with E-state index in [1.54, 1.807) is 7.11 Å². The molecular formula is C25H28N2O3. The van der Waals surface area contributed by atoms with E-state index in [2.05, 4.69) is 36.6 Å². The number of methoxy groups -OCH3 is 1. The second kappa shape index (κ2) is 9.83. The van der Waals surface area contributed by atoms with Crippen LogP contribution in [0.2, 0.25) is 0 Å². The fourth-order valence-electron chi connectivity index (χ4n) is 3.17. The summed E-state index contributed by atoms with van der Waals surface area (Å²) >= 11 is 0. The van der Waals surface area contributed by atoms with Gasteiger partial charge in [-0.3, -0.25) is 4.79 Å². The van der Waals surface area contributed by atoms with Gasteiger partial charge in [-0.1, -0.05) is 50.2 Å². The summed E-state index contributed by atoms with van der Waals surface area (Å²) < 4.78 is 11.3. The third kappa shape index (κ3) is 5.32. The minimum absolute atomic E-state index is 0.0633. The maximum Gasteiger partial charge on any atom is 0.262 e. The second-order valence-corrected chi connectivity index (χ2v) is 7.40. The Morgan fingerprint density at radius 2 is 1.57 bits per heavy atom. The smallest absolute Gasteiger partial charge is 0.262 e. The normalized spacial score (nSPS) is 10.6. The van der Waals surface area contributed by atoms with Crippen LogP contribution in [-0.2, 0) is 4.79 Å². The highest BCUT2D eigenvalue weighted by Crippen LogP contribution is 2.31. The summed E-state index contributed by atoms with van der Waals surface area (Å²) in [7, 11) is 1.63. The number of para-hydroxylation sites is 4. The largest absolute Gasteiger partial charge is 0.495 e. The number of amides is 1. The van der Waals surface area contributed by atoms with E-state index in [-0.39, 0.29) is 12.5 Å². The van der Waals surface area contributed by atoms with E-state index in [9.17, 15) is 4.79 Å². The number of hydrogen-bond donors (Lipinski definition) is 2. The Kier molecular flexibility index (Phi) is 6.96. The van der Waals surface area contributed by atoms with Crippen molar-refractivity contribution in [2.24, 2.45) is 0 Å². The molecule has 0 aliphatic rings. The van der Waals surface area contributed by atoms with Crippen molar-refractivity contribution in [1.29, 1.82) is 0 Å². The van der Waals surface area contributed by atoms with Gasteiger partial charge in [-0.25, -0.2) is 0 Å². The average Bonchev–Trinajstić information content (AvgIpc) is 2.74. The van der Waals surface area contributed by atoms with Gasteiger partial charge < -0.3 is 20.1 Å². The van der Waals surface area contributed by atoms with E-state index in [1.807, 2.05) is 61.5 Å². The van der Waals surface area contributed by atoms with Crippen molar-refractivity contribution in [1.82, 2.24) is 0 Å². The molecule has 3 aromatic rings. The molecule has 5 heteroatoms. The molecule has 3 aromatic carbocycles. The number of carbonyl (C=O) groups is 1. The molecule has 0 atom stereocenters. The molecule has 30 heavy (non-hydrogen) atoms. The lowest BCUT2D eigenvalue weighted by molar-refractivity contribution is -0.118. The van der Waals surface area contributed by atoms with Crippen molar-refractivity contribution >= 4 is 23.0 Å². The topological polar surface area (TPSA) is 59.6 Å². The minimum atomic E-state index is -0.222. The lowest BCUT2D eigenvalue weighted by Gasteiger charge is -2.17. The van der Waals surface area contributed by atoms with Gasteiger partial charge in [0.05, 0.1) is 24.2 Å². The van der Waals surface area contributed by atoms with E-state index >= 15 is 0 Å². The molecule has 2 N–H and O–H groups in total. The van der Waals surface area contributed by atoms with Crippen molar-refractivity contribution in [2.75, 3.05) is 24.4 Å². The lowest BCUT2D eigenvalue weighted by atomic mass is 10.0. The van der Waals surface area contributed by atoms with Crippen LogP contribution >= 0.6 is 0 Å². The van der Waals surface area contributed by atoms with Crippen molar-refractivity contribution in [3.05, 3.63) is 77.9 Å². The summed E-state index contributed by atoms with van der Waals surface area (Å²) in [6.45, 7) is 6.16. The molecule has 0 spiro atoms. The van der Waals surface area contributed by atoms with Crippen LogP contribution in [-0.4, -0.2) is 19.6 Å². The molecule has 3 rings (SSSR count). The molecule has 5 nitrogen and oxygen atoms in total. The van der Waals surface area contributed by atoms with E-state index < -0.39 is 0 Å². The molecule has 1 amide bonds. The Labute approximate surface area is 178 Å². The Morgan fingerprint density at radius 1 is 0.900 bits per heavy atom. The Hall–Kier alpha value is -3.47. The van der Waals surface area contributed by atoms with Crippen LogP contribution in [0.4, 0.5) is 17.1 Å². The zero-order valence-corrected chi connectivity index (χ0v) is 17.9. The van der Waals surface area contributed by atoms with E-state index in [0.29, 0.717) is 11.6 Å². The number of nitrogens with one attached hydrogen (secondary N) is 2. The van der Waals surface area contributed by atoms with Gasteiger partial charge in [0.15, 0.2) is 6.61 Å². The molecule has 156 valence electrons. The highest BCUT2D eigenvalue weighted by atomic mass is 16.5. The fourth-order valence-corrected chi connectivity index (χ4v) is 3.17. The van der Waals surface area contributed by atoms with E-state index in [4.69, 9.17) is 9.47 Å². The van der Waals surface area contributed by atoms with Crippen LogP contribution in [0.15, 0.2) is 66.7 Å². The van der Waals surface area contributed by atoms with Crippen LogP contribution in [0.25, 0.3) is 0 Å². The van der Waals surface area contributed by atoms with Crippen molar-refractivity contribution in [2.45, 2.75) is 26.7 Å². The van der Waals surface area contributed by atoms with Gasteiger partial charge in [-0.15, -0.1) is 0 Å². The molecule has 0 aliphatic heterocycles. The van der Waals surface area contributed by atoms with Crippen LogP contribution < -0.4 is 20.1 Å². The highest BCUT2D eigenvalue weighted by Gasteiger charge is 2.12. The zero-order chi connectivity index (χ0) is 21.5. The van der Waals surface area contributed by atoms with Gasteiger partial charge >= 0.3 is 0 Å². The predicted octanol–water partition coefficient (Wildman–Crippen LogP) is 5.89. The van der Waals surface area contributed by atoms with Crippen molar-refractivity contribution < 1.29 is 14.3 Å². The van der Waals surface area contributed by atoms with Crippen molar-refractivity contribution in [3.63, 3.8) is 0 Å². The van der Waals surface area contributed by atoms with Crippen LogP contribution in [0.3, 0.4) is 0 Å². The van der Waals surface area contributed by atoms with E-state index in [0.717, 1.165) is 34.0 Å². The monoisotopic (exact) mass is 404 g/mol. The number of carbonyl (C=O) groups excluding carboxylic acids is 1. The third-order valence-electron chi connectivity index (χ3n) is 4.73. The first-order chi connectivity index (χ1) is 14.5. The Morgan fingerprint density at radius 3 is 2.27 bits per heavy atom. The average molecular weight is 405 g/mol. The summed E-state index contributed by atoms with van der Waals surface area (Å²) in [5, 5.41) is 6.26. The number of aryl methyl sites for hydroxylation is 1. The fraction of sp³-hybridized carbons (Fsp3) is 0.240. The van der Waals surface area contributed by atoms with Gasteiger partial charge in [-0.05, 0) is 54.3 Å². The summed E-state index contributed by atoms with van der Waals surface area (Å²) in [5.74, 6) is 1.57. The van der Waals surface area contributed by atoms with Crippen LogP contribution in [0.1, 0.15) is 30.9 Å². The van der Waals surface area contributed by atoms with E-state index in [1.165, 1.54) is 0 Å². The minimum Gasteiger partial charge on any atom is -0.495 e. The summed E-state index contributed by atoms with van der Waals surface area (Å²) in [6.07, 6.45) is 0. The zero-order valence-electron chi connectivity index (χ0n) is 17.9. The molecule has 0 heterocycles. The quantitative estimate of drug-likeness (QED) is 0.492. The third-order valence-corrected chi connectivity index (χ3v) is 4.73. The molecule has 0 saturated carbocycles. The first-order valence-electron chi connectivity index (χ1n) is 10.00. The molecule has 0 bridgehead atoms. The Bertz CT molecular complexity index is 1010. The maximum atomic E-state index is 12.6. The molecule has 0 saturated heterocycles. The number of rotatable bonds is 8. The van der Waals surface area contributed by atoms with Crippen LogP contribution in [0.5, 0.6) is 11.5 Å². The predicted molar refractivity (Wildman–Crippen MR) is 122 cm³/mol. The van der Waals surface area contributed by atoms with Gasteiger partial charge in [0.2, 0.25) is 0 Å². The maximum absolute atomic E-state index is 12.6. The molecule has 0 unspecified atom stereocenters. The number of ether oxygens (including phenoxy) is 2.